The Balaban J connectivity index is 1.84. The van der Waals surface area contributed by atoms with Gasteiger partial charge in [-0.1, -0.05) is 41.7 Å². The maximum atomic E-state index is 13.3. The number of nitrogens with zero attached hydrogens (tertiary/aromatic N) is 3. The van der Waals surface area contributed by atoms with Crippen molar-refractivity contribution < 1.29 is 4.39 Å². The molecule has 4 nitrogen and oxygen atoms in total. The standard InChI is InChI=1S/C16H11FN4S/c17-11-6-7-13-14(8-11)22-16(20-13)21-15(18)12(9-19-21)10-4-2-1-3-5-10/h1-9H,18H2. The van der Waals surface area contributed by atoms with Crippen molar-refractivity contribution in [2.24, 2.45) is 0 Å². The summed E-state index contributed by atoms with van der Waals surface area (Å²) in [5, 5.41) is 4.95. The molecule has 0 radical (unpaired) electrons. The van der Waals surface area contributed by atoms with Gasteiger partial charge in [0.05, 0.1) is 16.4 Å². The summed E-state index contributed by atoms with van der Waals surface area (Å²) in [5.41, 5.74) is 8.80. The van der Waals surface area contributed by atoms with E-state index >= 15 is 0 Å². The summed E-state index contributed by atoms with van der Waals surface area (Å²) in [6, 6.07) is 14.3. The van der Waals surface area contributed by atoms with E-state index in [0.717, 1.165) is 21.3 Å². The van der Waals surface area contributed by atoms with Crippen LogP contribution in [0.25, 0.3) is 26.5 Å². The van der Waals surface area contributed by atoms with Crippen LogP contribution in [0.15, 0.2) is 54.7 Å². The van der Waals surface area contributed by atoms with E-state index in [4.69, 9.17) is 5.73 Å². The highest BCUT2D eigenvalue weighted by Crippen LogP contribution is 2.31. The SMILES string of the molecule is Nc1c(-c2ccccc2)cnn1-c1nc2ccc(F)cc2s1. The van der Waals surface area contributed by atoms with Crippen LogP contribution >= 0.6 is 11.3 Å². The quantitative estimate of drug-likeness (QED) is 0.611. The Morgan fingerprint density at radius 2 is 1.91 bits per heavy atom. The van der Waals surface area contributed by atoms with Crippen molar-refractivity contribution in [3.63, 3.8) is 0 Å². The minimum Gasteiger partial charge on any atom is -0.383 e. The van der Waals surface area contributed by atoms with E-state index in [1.54, 1.807) is 16.9 Å². The van der Waals surface area contributed by atoms with Crippen LogP contribution in [0, 0.1) is 5.82 Å². The lowest BCUT2D eigenvalue weighted by Crippen LogP contribution is -2.01. The first kappa shape index (κ1) is 13.0. The molecule has 108 valence electrons. The summed E-state index contributed by atoms with van der Waals surface area (Å²) >= 11 is 1.36. The van der Waals surface area contributed by atoms with Crippen molar-refractivity contribution in [3.8, 4) is 16.3 Å². The van der Waals surface area contributed by atoms with Gasteiger partial charge in [-0.15, -0.1) is 0 Å². The zero-order chi connectivity index (χ0) is 15.1. The molecular formula is C16H11FN4S. The first-order valence-corrected chi connectivity index (χ1v) is 7.49. The van der Waals surface area contributed by atoms with E-state index in [2.05, 4.69) is 10.1 Å². The highest BCUT2D eigenvalue weighted by atomic mass is 32.1. The Kier molecular flexibility index (Phi) is 2.90. The van der Waals surface area contributed by atoms with E-state index in [-0.39, 0.29) is 5.82 Å². The largest absolute Gasteiger partial charge is 0.383 e. The molecule has 0 amide bonds. The molecule has 22 heavy (non-hydrogen) atoms. The highest BCUT2D eigenvalue weighted by Gasteiger charge is 2.14. The molecule has 0 unspecified atom stereocenters. The summed E-state index contributed by atoms with van der Waals surface area (Å²) in [7, 11) is 0. The zero-order valence-corrected chi connectivity index (χ0v) is 12.2. The second-order valence-electron chi connectivity index (χ2n) is 4.83. The van der Waals surface area contributed by atoms with Crippen molar-refractivity contribution in [1.82, 2.24) is 14.8 Å². The van der Waals surface area contributed by atoms with E-state index in [1.165, 1.54) is 23.5 Å². The van der Waals surface area contributed by atoms with E-state index in [9.17, 15) is 4.39 Å². The van der Waals surface area contributed by atoms with E-state index < -0.39 is 0 Å². The van der Waals surface area contributed by atoms with Crippen LogP contribution in [-0.2, 0) is 0 Å². The fraction of sp³-hybridized carbons (Fsp3) is 0. The van der Waals surface area contributed by atoms with Gasteiger partial charge in [-0.05, 0) is 23.8 Å². The number of thiazole rings is 1. The Labute approximate surface area is 129 Å². The molecule has 0 spiro atoms. The Hall–Kier alpha value is -2.73. The molecule has 0 aliphatic rings. The van der Waals surface area contributed by atoms with Crippen LogP contribution in [0.3, 0.4) is 0 Å². The Morgan fingerprint density at radius 1 is 1.09 bits per heavy atom. The maximum absolute atomic E-state index is 13.3. The molecule has 2 aromatic carbocycles. The molecule has 4 rings (SSSR count). The Bertz CT molecular complexity index is 959. The second-order valence-corrected chi connectivity index (χ2v) is 5.84. The summed E-state index contributed by atoms with van der Waals surface area (Å²) in [6.07, 6.45) is 1.72. The fourth-order valence-corrected chi connectivity index (χ4v) is 3.29. The van der Waals surface area contributed by atoms with Crippen LogP contribution in [0.4, 0.5) is 10.2 Å². The first-order valence-electron chi connectivity index (χ1n) is 6.68. The molecule has 2 heterocycles. The van der Waals surface area contributed by atoms with E-state index in [0.29, 0.717) is 10.9 Å². The second kappa shape index (κ2) is 4.92. The molecule has 0 saturated heterocycles. The van der Waals surface area contributed by atoms with Gasteiger partial charge < -0.3 is 5.73 Å². The van der Waals surface area contributed by atoms with Gasteiger partial charge in [0.2, 0.25) is 5.13 Å². The van der Waals surface area contributed by atoms with Crippen LogP contribution < -0.4 is 5.73 Å². The summed E-state index contributed by atoms with van der Waals surface area (Å²) in [6.45, 7) is 0. The summed E-state index contributed by atoms with van der Waals surface area (Å²) in [4.78, 5) is 4.46. The third kappa shape index (κ3) is 2.05. The normalized spacial score (nSPS) is 11.1. The third-order valence-corrected chi connectivity index (χ3v) is 4.41. The molecule has 2 aromatic heterocycles. The number of hydrogen-bond acceptors (Lipinski definition) is 4. The van der Waals surface area contributed by atoms with Crippen LogP contribution in [0.2, 0.25) is 0 Å². The number of anilines is 1. The van der Waals surface area contributed by atoms with Gasteiger partial charge in [-0.2, -0.15) is 9.78 Å². The third-order valence-electron chi connectivity index (χ3n) is 3.41. The predicted molar refractivity (Wildman–Crippen MR) is 86.5 cm³/mol. The average Bonchev–Trinajstić information content (AvgIpc) is 3.10. The summed E-state index contributed by atoms with van der Waals surface area (Å²) < 4.78 is 15.6. The highest BCUT2D eigenvalue weighted by molar-refractivity contribution is 7.20. The van der Waals surface area contributed by atoms with Crippen molar-refractivity contribution >= 4 is 27.4 Å². The van der Waals surface area contributed by atoms with Gasteiger partial charge in [0.1, 0.15) is 11.6 Å². The number of rotatable bonds is 2. The van der Waals surface area contributed by atoms with Gasteiger partial charge in [0.25, 0.3) is 0 Å². The van der Waals surface area contributed by atoms with Crippen molar-refractivity contribution in [3.05, 3.63) is 60.5 Å². The zero-order valence-electron chi connectivity index (χ0n) is 11.4. The van der Waals surface area contributed by atoms with E-state index in [1.807, 2.05) is 30.3 Å². The lowest BCUT2D eigenvalue weighted by molar-refractivity contribution is 0.630. The number of benzene rings is 2. The number of nitrogen functional groups attached to an aromatic ring is 1. The molecule has 0 aliphatic heterocycles. The molecule has 2 N–H and O–H groups in total. The topological polar surface area (TPSA) is 56.7 Å². The molecule has 0 aliphatic carbocycles. The lowest BCUT2D eigenvalue weighted by atomic mass is 10.1. The number of aromatic nitrogens is 3. The minimum atomic E-state index is -0.277. The van der Waals surface area contributed by atoms with Gasteiger partial charge in [0.15, 0.2) is 0 Å². The fourth-order valence-electron chi connectivity index (χ4n) is 2.33. The van der Waals surface area contributed by atoms with Gasteiger partial charge in [0, 0.05) is 5.56 Å². The van der Waals surface area contributed by atoms with Crippen molar-refractivity contribution in [1.29, 1.82) is 0 Å². The minimum absolute atomic E-state index is 0.277. The number of fused-ring (bicyclic) bond motifs is 1. The van der Waals surface area contributed by atoms with Gasteiger partial charge in [-0.25, -0.2) is 9.37 Å². The monoisotopic (exact) mass is 310 g/mol. The predicted octanol–water partition coefficient (Wildman–Crippen LogP) is 3.87. The van der Waals surface area contributed by atoms with Crippen LogP contribution in [0.5, 0.6) is 0 Å². The number of hydrogen-bond donors (Lipinski definition) is 1. The van der Waals surface area contributed by atoms with Gasteiger partial charge in [-0.3, -0.25) is 0 Å². The molecule has 0 fully saturated rings. The number of nitrogens with two attached hydrogens (primary N) is 1. The molecule has 6 heteroatoms. The number of halogens is 1. The Morgan fingerprint density at radius 3 is 2.73 bits per heavy atom. The van der Waals surface area contributed by atoms with Crippen LogP contribution in [-0.4, -0.2) is 14.8 Å². The van der Waals surface area contributed by atoms with Crippen LogP contribution in [0.1, 0.15) is 0 Å². The molecule has 0 atom stereocenters. The molecule has 0 bridgehead atoms. The van der Waals surface area contributed by atoms with Crippen molar-refractivity contribution in [2.75, 3.05) is 5.73 Å². The average molecular weight is 310 g/mol. The van der Waals surface area contributed by atoms with Crippen molar-refractivity contribution in [2.45, 2.75) is 0 Å². The molecule has 0 saturated carbocycles. The molecule has 4 aromatic rings. The van der Waals surface area contributed by atoms with Gasteiger partial charge >= 0.3 is 0 Å². The molecular weight excluding hydrogens is 299 g/mol. The summed E-state index contributed by atoms with van der Waals surface area (Å²) in [5.74, 6) is 0.242. The lowest BCUT2D eigenvalue weighted by Gasteiger charge is -2.01. The smallest absolute Gasteiger partial charge is 0.213 e. The maximum Gasteiger partial charge on any atom is 0.213 e. The first-order chi connectivity index (χ1) is 10.7.